The minimum absolute atomic E-state index is 0.659. The van der Waals surface area contributed by atoms with Crippen molar-refractivity contribution in [1.29, 1.82) is 0 Å². The lowest BCUT2D eigenvalue weighted by atomic mass is 10.1. The lowest BCUT2D eigenvalue weighted by Gasteiger charge is -2.11. The molecule has 0 aromatic rings. The third kappa shape index (κ3) is 7.23. The molecule has 0 radical (unpaired) electrons. The maximum absolute atomic E-state index is 10.0. The van der Waals surface area contributed by atoms with Crippen LogP contribution in [0.5, 0.6) is 0 Å². The van der Waals surface area contributed by atoms with Crippen LogP contribution < -0.4 is 5.73 Å². The van der Waals surface area contributed by atoms with E-state index in [0.29, 0.717) is 0 Å². The maximum Gasteiger partial charge on any atom is 0.323 e. The molecular formula is C7H15NO5. The van der Waals surface area contributed by atoms with Gasteiger partial charge in [-0.15, -0.1) is 0 Å². The second-order valence-corrected chi connectivity index (χ2v) is 2.03. The third-order valence-corrected chi connectivity index (χ3v) is 1.08. The fourth-order valence-electron chi connectivity index (χ4n) is 0.470. The standard InChI is InChI=1S/C5H9NO5.C2H6/c6-4(5(10)11)2(7)1-3(8)9;1-2/h2,4,7H,1,6H2,(H,8,9)(H,10,11);1-2H3/t2?,4-;/m0./s1. The van der Waals surface area contributed by atoms with Crippen molar-refractivity contribution in [2.75, 3.05) is 0 Å². The highest BCUT2D eigenvalue weighted by Gasteiger charge is 2.23. The monoisotopic (exact) mass is 193 g/mol. The topological polar surface area (TPSA) is 121 Å². The Morgan fingerprint density at radius 1 is 1.31 bits per heavy atom. The van der Waals surface area contributed by atoms with Gasteiger partial charge in [-0.25, -0.2) is 0 Å². The van der Waals surface area contributed by atoms with Crippen molar-refractivity contribution in [3.63, 3.8) is 0 Å². The fourth-order valence-corrected chi connectivity index (χ4v) is 0.470. The van der Waals surface area contributed by atoms with Crippen LogP contribution in [0.3, 0.4) is 0 Å². The molecule has 1 unspecified atom stereocenters. The number of carboxylic acids is 2. The molecule has 78 valence electrons. The molecule has 0 aliphatic rings. The number of carboxylic acid groups (broad SMARTS) is 2. The van der Waals surface area contributed by atoms with E-state index in [9.17, 15) is 9.59 Å². The fraction of sp³-hybridized carbons (Fsp3) is 0.714. The van der Waals surface area contributed by atoms with E-state index in [1.165, 1.54) is 0 Å². The molecular weight excluding hydrogens is 178 g/mol. The largest absolute Gasteiger partial charge is 0.481 e. The van der Waals surface area contributed by atoms with E-state index >= 15 is 0 Å². The van der Waals surface area contributed by atoms with Crippen molar-refractivity contribution in [1.82, 2.24) is 0 Å². The first-order valence-corrected chi connectivity index (χ1v) is 3.83. The molecule has 0 heterocycles. The quantitative estimate of drug-likeness (QED) is 0.466. The number of aliphatic hydroxyl groups is 1. The van der Waals surface area contributed by atoms with Gasteiger partial charge in [0.15, 0.2) is 0 Å². The molecule has 0 fully saturated rings. The summed E-state index contributed by atoms with van der Waals surface area (Å²) in [4.78, 5) is 20.0. The van der Waals surface area contributed by atoms with Crippen LogP contribution in [-0.4, -0.2) is 39.4 Å². The molecule has 0 aromatic heterocycles. The van der Waals surface area contributed by atoms with Gasteiger partial charge < -0.3 is 21.1 Å². The van der Waals surface area contributed by atoms with Crippen molar-refractivity contribution in [3.8, 4) is 0 Å². The van der Waals surface area contributed by atoms with E-state index in [1.807, 2.05) is 13.8 Å². The molecule has 0 amide bonds. The number of hydrogen-bond donors (Lipinski definition) is 4. The Morgan fingerprint density at radius 2 is 1.69 bits per heavy atom. The van der Waals surface area contributed by atoms with Gasteiger partial charge in [0.2, 0.25) is 0 Å². The van der Waals surface area contributed by atoms with E-state index in [2.05, 4.69) is 0 Å². The molecule has 0 saturated heterocycles. The second kappa shape index (κ2) is 7.51. The zero-order valence-corrected chi connectivity index (χ0v) is 7.60. The van der Waals surface area contributed by atoms with Gasteiger partial charge in [0, 0.05) is 0 Å². The van der Waals surface area contributed by atoms with Gasteiger partial charge in [-0.05, 0) is 0 Å². The van der Waals surface area contributed by atoms with E-state index in [4.69, 9.17) is 21.1 Å². The molecule has 0 spiro atoms. The van der Waals surface area contributed by atoms with Crippen LogP contribution in [0.1, 0.15) is 20.3 Å². The van der Waals surface area contributed by atoms with Gasteiger partial charge in [0.25, 0.3) is 0 Å². The Hall–Kier alpha value is -1.14. The number of carbonyl (C=O) groups is 2. The smallest absolute Gasteiger partial charge is 0.323 e. The first-order valence-electron chi connectivity index (χ1n) is 3.83. The number of nitrogens with two attached hydrogens (primary N) is 1. The van der Waals surface area contributed by atoms with Crippen LogP contribution in [0, 0.1) is 0 Å². The lowest BCUT2D eigenvalue weighted by molar-refractivity contribution is -0.144. The van der Waals surface area contributed by atoms with Gasteiger partial charge in [0.05, 0.1) is 12.5 Å². The van der Waals surface area contributed by atoms with E-state index in [-0.39, 0.29) is 0 Å². The molecule has 6 heteroatoms. The van der Waals surface area contributed by atoms with Crippen LogP contribution in [0.2, 0.25) is 0 Å². The van der Waals surface area contributed by atoms with E-state index in [1.54, 1.807) is 0 Å². The zero-order valence-electron chi connectivity index (χ0n) is 7.60. The zero-order chi connectivity index (χ0) is 11.0. The summed E-state index contributed by atoms with van der Waals surface area (Å²) in [6.45, 7) is 4.00. The summed E-state index contributed by atoms with van der Waals surface area (Å²) >= 11 is 0. The van der Waals surface area contributed by atoms with Crippen LogP contribution in [-0.2, 0) is 9.59 Å². The predicted octanol–water partition coefficient (Wildman–Crippen LogP) is -0.740. The van der Waals surface area contributed by atoms with Crippen molar-refractivity contribution in [2.24, 2.45) is 5.73 Å². The Morgan fingerprint density at radius 3 is 1.92 bits per heavy atom. The molecule has 0 aliphatic heterocycles. The predicted molar refractivity (Wildman–Crippen MR) is 45.2 cm³/mol. The summed E-state index contributed by atoms with van der Waals surface area (Å²) in [5.74, 6) is -2.70. The Labute approximate surface area is 76.0 Å². The highest BCUT2D eigenvalue weighted by Crippen LogP contribution is 1.96. The summed E-state index contributed by atoms with van der Waals surface area (Å²) in [6, 6.07) is -1.54. The molecule has 5 N–H and O–H groups in total. The highest BCUT2D eigenvalue weighted by atomic mass is 16.4. The normalized spacial score (nSPS) is 13.5. The number of hydrogen-bond acceptors (Lipinski definition) is 4. The van der Waals surface area contributed by atoms with Gasteiger partial charge in [-0.2, -0.15) is 0 Å². The molecule has 0 rings (SSSR count). The summed E-state index contributed by atoms with van der Waals surface area (Å²) in [5, 5.41) is 25.1. The average Bonchev–Trinajstić information content (AvgIpc) is 2.05. The molecule has 13 heavy (non-hydrogen) atoms. The minimum atomic E-state index is -1.54. The van der Waals surface area contributed by atoms with Crippen LogP contribution in [0.25, 0.3) is 0 Å². The lowest BCUT2D eigenvalue weighted by Crippen LogP contribution is -2.42. The SMILES string of the molecule is CC.N[C@H](C(=O)O)C(O)CC(=O)O. The van der Waals surface area contributed by atoms with Crippen molar-refractivity contribution < 1.29 is 24.9 Å². The number of rotatable bonds is 4. The van der Waals surface area contributed by atoms with Crippen molar-refractivity contribution >= 4 is 11.9 Å². The molecule has 0 aliphatic carbocycles. The number of aliphatic hydroxyl groups excluding tert-OH is 1. The van der Waals surface area contributed by atoms with E-state index in [0.717, 1.165) is 0 Å². The van der Waals surface area contributed by atoms with Gasteiger partial charge >= 0.3 is 11.9 Å². The first kappa shape index (κ1) is 14.4. The minimum Gasteiger partial charge on any atom is -0.481 e. The van der Waals surface area contributed by atoms with E-state index < -0.39 is 30.5 Å². The first-order chi connectivity index (χ1) is 5.95. The second-order valence-electron chi connectivity index (χ2n) is 2.03. The Balaban J connectivity index is 0. The summed E-state index contributed by atoms with van der Waals surface area (Å²) in [6.07, 6.45) is -2.20. The molecule has 6 nitrogen and oxygen atoms in total. The summed E-state index contributed by atoms with van der Waals surface area (Å²) < 4.78 is 0. The number of aliphatic carboxylic acids is 2. The van der Waals surface area contributed by atoms with Crippen molar-refractivity contribution in [2.45, 2.75) is 32.4 Å². The summed E-state index contributed by atoms with van der Waals surface area (Å²) in [5.41, 5.74) is 4.90. The molecule has 0 saturated carbocycles. The molecule has 0 bridgehead atoms. The van der Waals surface area contributed by atoms with Crippen LogP contribution in [0.15, 0.2) is 0 Å². The van der Waals surface area contributed by atoms with Crippen molar-refractivity contribution in [3.05, 3.63) is 0 Å². The van der Waals surface area contributed by atoms with Crippen LogP contribution in [0.4, 0.5) is 0 Å². The van der Waals surface area contributed by atoms with Gasteiger partial charge in [-0.1, -0.05) is 13.8 Å². The maximum atomic E-state index is 10.0. The van der Waals surface area contributed by atoms with Crippen LogP contribution >= 0.6 is 0 Å². The Bertz CT molecular complexity index is 170. The highest BCUT2D eigenvalue weighted by molar-refractivity contribution is 5.76. The Kier molecular flexibility index (Phi) is 8.31. The summed E-state index contributed by atoms with van der Waals surface area (Å²) in [7, 11) is 0. The van der Waals surface area contributed by atoms with Gasteiger partial charge in [-0.3, -0.25) is 9.59 Å². The average molecular weight is 193 g/mol. The molecule has 2 atom stereocenters. The molecule has 0 aromatic carbocycles. The third-order valence-electron chi connectivity index (χ3n) is 1.08. The van der Waals surface area contributed by atoms with Gasteiger partial charge in [0.1, 0.15) is 6.04 Å².